The van der Waals surface area contributed by atoms with Crippen molar-refractivity contribution in [3.05, 3.63) is 0 Å². The fourth-order valence-corrected chi connectivity index (χ4v) is 2.96. The molecule has 10 heavy (non-hydrogen) atoms. The zero-order chi connectivity index (χ0) is 7.78. The topological polar surface area (TPSA) is 86.2 Å². The minimum Gasteiger partial charge on any atom is -0.327 e. The molecule has 0 aliphatic carbocycles. The van der Waals surface area contributed by atoms with Crippen molar-refractivity contribution in [1.29, 1.82) is 0 Å². The van der Waals surface area contributed by atoms with Crippen molar-refractivity contribution in [2.75, 3.05) is 11.5 Å². The van der Waals surface area contributed by atoms with Gasteiger partial charge in [-0.3, -0.25) is 0 Å². The standard InChI is InChI=1S/C5H12N2O2S/c6-4-1-5(7)3-10(8,9)2-4/h4-5H,1-3,6-7H2. The Balaban J connectivity index is 2.69. The minimum atomic E-state index is -2.93. The van der Waals surface area contributed by atoms with Gasteiger partial charge in [-0.2, -0.15) is 0 Å². The highest BCUT2D eigenvalue weighted by atomic mass is 32.2. The van der Waals surface area contributed by atoms with Crippen LogP contribution in [0.2, 0.25) is 0 Å². The SMILES string of the molecule is NC1CC(N)CS(=O)(=O)C1. The van der Waals surface area contributed by atoms with Crippen molar-refractivity contribution in [3.8, 4) is 0 Å². The van der Waals surface area contributed by atoms with Crippen LogP contribution in [-0.4, -0.2) is 32.0 Å². The highest BCUT2D eigenvalue weighted by Crippen LogP contribution is 2.08. The van der Waals surface area contributed by atoms with Gasteiger partial charge in [-0.25, -0.2) is 8.42 Å². The van der Waals surface area contributed by atoms with Crippen LogP contribution in [0.1, 0.15) is 6.42 Å². The van der Waals surface area contributed by atoms with E-state index in [0.717, 1.165) is 0 Å². The molecule has 5 heteroatoms. The van der Waals surface area contributed by atoms with Crippen LogP contribution in [0.4, 0.5) is 0 Å². The predicted octanol–water partition coefficient (Wildman–Crippen LogP) is -1.54. The normalized spacial score (nSPS) is 39.4. The van der Waals surface area contributed by atoms with Crippen LogP contribution in [0.5, 0.6) is 0 Å². The first-order valence-electron chi connectivity index (χ1n) is 3.21. The Morgan fingerprint density at radius 3 is 1.80 bits per heavy atom. The summed E-state index contributed by atoms with van der Waals surface area (Å²) >= 11 is 0. The smallest absolute Gasteiger partial charge is 0.153 e. The second-order valence-electron chi connectivity index (χ2n) is 2.83. The van der Waals surface area contributed by atoms with E-state index < -0.39 is 9.84 Å². The Bertz CT molecular complexity index is 196. The lowest BCUT2D eigenvalue weighted by Crippen LogP contribution is -2.46. The summed E-state index contributed by atoms with van der Waals surface area (Å²) in [6.07, 6.45) is 0.624. The van der Waals surface area contributed by atoms with Crippen LogP contribution in [0.25, 0.3) is 0 Å². The molecule has 1 rings (SSSR count). The molecule has 4 N–H and O–H groups in total. The molecule has 1 heterocycles. The fourth-order valence-electron chi connectivity index (χ4n) is 1.25. The van der Waals surface area contributed by atoms with Crippen LogP contribution >= 0.6 is 0 Å². The molecule has 1 saturated heterocycles. The molecule has 0 spiro atoms. The first kappa shape index (κ1) is 7.97. The number of sulfone groups is 1. The molecule has 0 aromatic rings. The van der Waals surface area contributed by atoms with E-state index in [1.165, 1.54) is 0 Å². The Labute approximate surface area is 60.5 Å². The summed E-state index contributed by atoms with van der Waals surface area (Å²) in [5.74, 6) is 0.196. The van der Waals surface area contributed by atoms with E-state index in [1.54, 1.807) is 0 Å². The Morgan fingerprint density at radius 1 is 1.10 bits per heavy atom. The monoisotopic (exact) mass is 164 g/mol. The molecule has 1 aliphatic heterocycles. The minimum absolute atomic E-state index is 0.0979. The molecule has 0 saturated carbocycles. The molecule has 60 valence electrons. The van der Waals surface area contributed by atoms with E-state index in [0.29, 0.717) is 6.42 Å². The van der Waals surface area contributed by atoms with Gasteiger partial charge < -0.3 is 11.5 Å². The van der Waals surface area contributed by atoms with Gasteiger partial charge in [-0.15, -0.1) is 0 Å². The zero-order valence-corrected chi connectivity index (χ0v) is 6.47. The van der Waals surface area contributed by atoms with Gasteiger partial charge in [0.2, 0.25) is 0 Å². The van der Waals surface area contributed by atoms with E-state index in [-0.39, 0.29) is 23.6 Å². The van der Waals surface area contributed by atoms with Gasteiger partial charge in [-0.1, -0.05) is 0 Å². The summed E-state index contributed by atoms with van der Waals surface area (Å²) in [6, 6.07) is -0.512. The Morgan fingerprint density at radius 2 is 1.50 bits per heavy atom. The first-order chi connectivity index (χ1) is 4.49. The lowest BCUT2D eigenvalue weighted by atomic mass is 10.1. The Kier molecular flexibility index (Phi) is 1.98. The molecule has 0 aromatic carbocycles. The molecular weight excluding hydrogens is 152 g/mol. The highest BCUT2D eigenvalue weighted by Gasteiger charge is 2.27. The zero-order valence-electron chi connectivity index (χ0n) is 5.66. The van der Waals surface area contributed by atoms with Gasteiger partial charge in [0.15, 0.2) is 9.84 Å². The van der Waals surface area contributed by atoms with Crippen molar-refractivity contribution in [1.82, 2.24) is 0 Å². The maximum absolute atomic E-state index is 10.9. The molecule has 1 aliphatic rings. The third kappa shape index (κ3) is 1.93. The van der Waals surface area contributed by atoms with Gasteiger partial charge in [0.1, 0.15) is 0 Å². The molecular formula is C5H12N2O2S. The van der Waals surface area contributed by atoms with Crippen molar-refractivity contribution in [2.45, 2.75) is 18.5 Å². The molecule has 2 unspecified atom stereocenters. The molecule has 0 aromatic heterocycles. The third-order valence-electron chi connectivity index (χ3n) is 1.54. The first-order valence-corrected chi connectivity index (χ1v) is 5.03. The van der Waals surface area contributed by atoms with Crippen LogP contribution in [0.15, 0.2) is 0 Å². The fraction of sp³-hybridized carbons (Fsp3) is 1.00. The van der Waals surface area contributed by atoms with Crippen LogP contribution in [0, 0.1) is 0 Å². The summed E-state index contributed by atoms with van der Waals surface area (Å²) in [5.41, 5.74) is 10.9. The summed E-state index contributed by atoms with van der Waals surface area (Å²) in [4.78, 5) is 0. The van der Waals surface area contributed by atoms with Gasteiger partial charge in [0, 0.05) is 12.1 Å². The molecule has 2 atom stereocenters. The third-order valence-corrected chi connectivity index (χ3v) is 3.41. The van der Waals surface area contributed by atoms with Gasteiger partial charge in [0.05, 0.1) is 11.5 Å². The van der Waals surface area contributed by atoms with Crippen LogP contribution in [-0.2, 0) is 9.84 Å². The molecule has 0 amide bonds. The lowest BCUT2D eigenvalue weighted by molar-refractivity contribution is 0.518. The lowest BCUT2D eigenvalue weighted by Gasteiger charge is -2.23. The molecule has 1 fully saturated rings. The van der Waals surface area contributed by atoms with E-state index >= 15 is 0 Å². The quantitative estimate of drug-likeness (QED) is 0.454. The summed E-state index contributed by atoms with van der Waals surface area (Å²) in [6.45, 7) is 0. The number of nitrogens with two attached hydrogens (primary N) is 2. The van der Waals surface area contributed by atoms with Crippen LogP contribution in [0.3, 0.4) is 0 Å². The molecule has 0 bridgehead atoms. The maximum atomic E-state index is 10.9. The Hall–Kier alpha value is -0.130. The van der Waals surface area contributed by atoms with Gasteiger partial charge in [0.25, 0.3) is 0 Å². The molecule has 4 nitrogen and oxygen atoms in total. The summed E-state index contributed by atoms with van der Waals surface area (Å²) < 4.78 is 21.8. The average molecular weight is 164 g/mol. The molecule has 0 radical (unpaired) electrons. The highest BCUT2D eigenvalue weighted by molar-refractivity contribution is 7.91. The van der Waals surface area contributed by atoms with Crippen molar-refractivity contribution < 1.29 is 8.42 Å². The summed E-state index contributed by atoms with van der Waals surface area (Å²) in [7, 11) is -2.93. The van der Waals surface area contributed by atoms with E-state index in [2.05, 4.69) is 0 Å². The summed E-state index contributed by atoms with van der Waals surface area (Å²) in [5, 5.41) is 0. The number of hydrogen-bond acceptors (Lipinski definition) is 4. The van der Waals surface area contributed by atoms with E-state index in [9.17, 15) is 8.42 Å². The average Bonchev–Trinajstić information content (AvgIpc) is 1.54. The second-order valence-corrected chi connectivity index (χ2v) is 4.99. The van der Waals surface area contributed by atoms with Gasteiger partial charge >= 0.3 is 0 Å². The second kappa shape index (κ2) is 2.48. The maximum Gasteiger partial charge on any atom is 0.153 e. The number of rotatable bonds is 0. The van der Waals surface area contributed by atoms with Gasteiger partial charge in [-0.05, 0) is 6.42 Å². The van der Waals surface area contributed by atoms with E-state index in [1.807, 2.05) is 0 Å². The largest absolute Gasteiger partial charge is 0.327 e. The number of hydrogen-bond donors (Lipinski definition) is 2. The van der Waals surface area contributed by atoms with Crippen molar-refractivity contribution in [3.63, 3.8) is 0 Å². The predicted molar refractivity (Wildman–Crippen MR) is 39.2 cm³/mol. The van der Waals surface area contributed by atoms with Crippen molar-refractivity contribution >= 4 is 9.84 Å². The van der Waals surface area contributed by atoms with E-state index in [4.69, 9.17) is 11.5 Å². The van der Waals surface area contributed by atoms with Crippen LogP contribution < -0.4 is 11.5 Å². The van der Waals surface area contributed by atoms with Crippen molar-refractivity contribution in [2.24, 2.45) is 11.5 Å².